The lowest BCUT2D eigenvalue weighted by molar-refractivity contribution is -0.385. The van der Waals surface area contributed by atoms with Crippen LogP contribution in [-0.2, 0) is 4.79 Å². The molecule has 0 radical (unpaired) electrons. The Labute approximate surface area is 138 Å². The number of amides is 2. The first-order valence-electron chi connectivity index (χ1n) is 7.59. The zero-order valence-electron chi connectivity index (χ0n) is 13.2. The van der Waals surface area contributed by atoms with Gasteiger partial charge in [-0.05, 0) is 18.6 Å². The monoisotopic (exact) mass is 330 g/mol. The van der Waals surface area contributed by atoms with Gasteiger partial charge in [-0.2, -0.15) is 5.10 Å². The van der Waals surface area contributed by atoms with Crippen molar-refractivity contribution in [2.75, 3.05) is 0 Å². The van der Waals surface area contributed by atoms with Crippen LogP contribution >= 0.6 is 0 Å². The van der Waals surface area contributed by atoms with Crippen molar-refractivity contribution in [2.45, 2.75) is 32.2 Å². The van der Waals surface area contributed by atoms with E-state index in [1.54, 1.807) is 30.3 Å². The molecule has 1 N–H and O–H groups in total. The van der Waals surface area contributed by atoms with Crippen molar-refractivity contribution in [3.8, 4) is 0 Å². The van der Waals surface area contributed by atoms with E-state index in [-0.39, 0.29) is 18.2 Å². The summed E-state index contributed by atoms with van der Waals surface area (Å²) in [5, 5.41) is 17.0. The molecule has 1 heterocycles. The fourth-order valence-electron chi connectivity index (χ4n) is 2.34. The van der Waals surface area contributed by atoms with Gasteiger partial charge in [0.1, 0.15) is 12.4 Å². The van der Waals surface area contributed by atoms with Gasteiger partial charge < -0.3 is 0 Å². The lowest BCUT2D eigenvalue weighted by Gasteiger charge is -2.15. The quantitative estimate of drug-likeness (QED) is 0.620. The van der Waals surface area contributed by atoms with Gasteiger partial charge in [-0.15, -0.1) is 0 Å². The highest BCUT2D eigenvalue weighted by Crippen LogP contribution is 2.20. The Balaban J connectivity index is 2.02. The van der Waals surface area contributed by atoms with E-state index in [4.69, 9.17) is 0 Å². The maximum absolute atomic E-state index is 12.1. The predicted octanol–water partition coefficient (Wildman–Crippen LogP) is 2.48. The number of benzene rings is 1. The molecule has 126 valence electrons. The van der Waals surface area contributed by atoms with Crippen LogP contribution in [-0.4, -0.2) is 26.5 Å². The molecule has 24 heavy (non-hydrogen) atoms. The summed E-state index contributed by atoms with van der Waals surface area (Å²) in [4.78, 5) is 34.3. The molecule has 0 bridgehead atoms. The predicted molar refractivity (Wildman–Crippen MR) is 86.4 cm³/mol. The van der Waals surface area contributed by atoms with Crippen molar-refractivity contribution in [3.63, 3.8) is 0 Å². The lowest BCUT2D eigenvalue weighted by atomic mass is 10.1. The minimum Gasteiger partial charge on any atom is -0.292 e. The standard InChI is InChI=1S/C16H18N4O4/c1-2-6-13(19-11-14(10-17-19)20(23)24)9-15(21)18-16(22)12-7-4-3-5-8-12/h3-5,7-8,10-11,13H,2,6,9H2,1H3,(H,18,21,22). The summed E-state index contributed by atoms with van der Waals surface area (Å²) < 4.78 is 1.41. The highest BCUT2D eigenvalue weighted by molar-refractivity contribution is 6.04. The molecule has 8 heteroatoms. The third-order valence-electron chi connectivity index (χ3n) is 3.50. The van der Waals surface area contributed by atoms with E-state index in [0.29, 0.717) is 12.0 Å². The first-order chi connectivity index (χ1) is 11.5. The van der Waals surface area contributed by atoms with Crippen LogP contribution in [0.25, 0.3) is 0 Å². The Bertz CT molecular complexity index is 727. The van der Waals surface area contributed by atoms with Crippen LogP contribution in [0.3, 0.4) is 0 Å². The molecule has 0 saturated heterocycles. The number of hydrogen-bond donors (Lipinski definition) is 1. The summed E-state index contributed by atoms with van der Waals surface area (Å²) in [6.07, 6.45) is 3.86. The first-order valence-corrected chi connectivity index (χ1v) is 7.59. The fourth-order valence-corrected chi connectivity index (χ4v) is 2.34. The molecule has 1 atom stereocenters. The minimum atomic E-state index is -0.536. The smallest absolute Gasteiger partial charge is 0.292 e. The number of imide groups is 1. The zero-order chi connectivity index (χ0) is 17.5. The van der Waals surface area contributed by atoms with E-state index < -0.39 is 16.7 Å². The van der Waals surface area contributed by atoms with Gasteiger partial charge in [0, 0.05) is 12.0 Å². The summed E-state index contributed by atoms with van der Waals surface area (Å²) in [5.41, 5.74) is 0.268. The maximum Gasteiger partial charge on any atom is 0.307 e. The maximum atomic E-state index is 12.1. The molecule has 0 spiro atoms. The van der Waals surface area contributed by atoms with Crippen molar-refractivity contribution in [1.82, 2.24) is 15.1 Å². The molecule has 1 aromatic heterocycles. The molecule has 0 aliphatic heterocycles. The molecule has 0 saturated carbocycles. The molecule has 1 aromatic carbocycles. The number of nitrogens with one attached hydrogen (secondary N) is 1. The fraction of sp³-hybridized carbons (Fsp3) is 0.312. The van der Waals surface area contributed by atoms with Crippen LogP contribution in [0.15, 0.2) is 42.7 Å². The third kappa shape index (κ3) is 4.48. The van der Waals surface area contributed by atoms with Crippen LogP contribution in [0.4, 0.5) is 5.69 Å². The van der Waals surface area contributed by atoms with E-state index in [9.17, 15) is 19.7 Å². The van der Waals surface area contributed by atoms with Crippen LogP contribution in [0.1, 0.15) is 42.6 Å². The van der Waals surface area contributed by atoms with Crippen LogP contribution in [0, 0.1) is 10.1 Å². The number of carbonyl (C=O) groups excluding carboxylic acids is 2. The van der Waals surface area contributed by atoms with Crippen molar-refractivity contribution in [1.29, 1.82) is 0 Å². The van der Waals surface area contributed by atoms with Gasteiger partial charge in [0.2, 0.25) is 5.91 Å². The van der Waals surface area contributed by atoms with Gasteiger partial charge in [0.05, 0.1) is 11.0 Å². The molecular formula is C16H18N4O4. The van der Waals surface area contributed by atoms with Crippen molar-refractivity contribution in [2.24, 2.45) is 0 Å². The van der Waals surface area contributed by atoms with Crippen LogP contribution in [0.2, 0.25) is 0 Å². The molecule has 8 nitrogen and oxygen atoms in total. The second kappa shape index (κ2) is 8.00. The zero-order valence-corrected chi connectivity index (χ0v) is 13.2. The van der Waals surface area contributed by atoms with Crippen molar-refractivity contribution < 1.29 is 14.5 Å². The Morgan fingerprint density at radius 3 is 2.62 bits per heavy atom. The normalized spacial score (nSPS) is 11.7. The van der Waals surface area contributed by atoms with Gasteiger partial charge >= 0.3 is 5.69 Å². The Morgan fingerprint density at radius 1 is 1.33 bits per heavy atom. The number of nitrogens with zero attached hydrogens (tertiary/aromatic N) is 3. The van der Waals surface area contributed by atoms with E-state index in [1.807, 2.05) is 6.92 Å². The van der Waals surface area contributed by atoms with E-state index in [1.165, 1.54) is 10.9 Å². The molecule has 2 rings (SSSR count). The summed E-state index contributed by atoms with van der Waals surface area (Å²) in [6.45, 7) is 1.94. The lowest BCUT2D eigenvalue weighted by Crippen LogP contribution is -2.32. The molecule has 0 aliphatic rings. The molecule has 0 fully saturated rings. The van der Waals surface area contributed by atoms with Crippen molar-refractivity contribution in [3.05, 3.63) is 58.4 Å². The van der Waals surface area contributed by atoms with Crippen LogP contribution in [0.5, 0.6) is 0 Å². The molecule has 1 unspecified atom stereocenters. The molecular weight excluding hydrogens is 312 g/mol. The number of hydrogen-bond acceptors (Lipinski definition) is 5. The van der Waals surface area contributed by atoms with Gasteiger partial charge in [-0.3, -0.25) is 29.7 Å². The summed E-state index contributed by atoms with van der Waals surface area (Å²) in [6, 6.07) is 8.09. The molecule has 0 aliphatic carbocycles. The highest BCUT2D eigenvalue weighted by atomic mass is 16.6. The molecule has 2 amide bonds. The van der Waals surface area contributed by atoms with Gasteiger partial charge in [-0.1, -0.05) is 31.5 Å². The van der Waals surface area contributed by atoms with E-state index >= 15 is 0 Å². The number of nitro groups is 1. The average Bonchev–Trinajstić information content (AvgIpc) is 3.05. The third-order valence-corrected chi connectivity index (χ3v) is 3.50. The highest BCUT2D eigenvalue weighted by Gasteiger charge is 2.20. The number of rotatable bonds is 7. The van der Waals surface area contributed by atoms with Gasteiger partial charge in [-0.25, -0.2) is 0 Å². The number of aromatic nitrogens is 2. The number of carbonyl (C=O) groups is 2. The minimum absolute atomic E-state index is 0.0191. The van der Waals surface area contributed by atoms with Gasteiger partial charge in [0.15, 0.2) is 0 Å². The summed E-state index contributed by atoms with van der Waals surface area (Å²) in [7, 11) is 0. The summed E-state index contributed by atoms with van der Waals surface area (Å²) >= 11 is 0. The Morgan fingerprint density at radius 2 is 2.04 bits per heavy atom. The second-order valence-corrected chi connectivity index (χ2v) is 5.33. The molecule has 2 aromatic rings. The SMILES string of the molecule is CCCC(CC(=O)NC(=O)c1ccccc1)n1cc([N+](=O)[O-])cn1. The van der Waals surface area contributed by atoms with Crippen molar-refractivity contribution >= 4 is 17.5 Å². The average molecular weight is 330 g/mol. The Hall–Kier alpha value is -3.03. The largest absolute Gasteiger partial charge is 0.307 e. The van der Waals surface area contributed by atoms with Crippen LogP contribution < -0.4 is 5.32 Å². The summed E-state index contributed by atoms with van der Waals surface area (Å²) in [5.74, 6) is -0.914. The first kappa shape index (κ1) is 17.3. The second-order valence-electron chi connectivity index (χ2n) is 5.33. The topological polar surface area (TPSA) is 107 Å². The Kier molecular flexibility index (Phi) is 5.78. The van der Waals surface area contributed by atoms with Gasteiger partial charge in [0.25, 0.3) is 5.91 Å². The van der Waals surface area contributed by atoms with E-state index in [0.717, 1.165) is 12.6 Å². The van der Waals surface area contributed by atoms with E-state index in [2.05, 4.69) is 10.4 Å².